The minimum Gasteiger partial charge on any atom is -0.278 e. The number of fused-ring (bicyclic) bond motifs is 10. The molecule has 50 heavy (non-hydrogen) atoms. The molecule has 5 nitrogen and oxygen atoms in total. The fraction of sp³-hybridized carbons (Fsp3) is 0.133. The number of aromatic nitrogens is 5. The van der Waals surface area contributed by atoms with Crippen LogP contribution in [0.25, 0.3) is 77.1 Å². The number of hydrogen-bond donors (Lipinski definition) is 0. The van der Waals surface area contributed by atoms with Gasteiger partial charge in [0.15, 0.2) is 0 Å². The van der Waals surface area contributed by atoms with Crippen LogP contribution in [0.2, 0.25) is 0 Å². The molecule has 3 heterocycles. The molecule has 10 rings (SSSR count). The van der Waals surface area contributed by atoms with E-state index in [0.717, 1.165) is 51.5 Å². The summed E-state index contributed by atoms with van der Waals surface area (Å²) in [5.41, 5.74) is 4.26. The molecule has 0 atom stereocenters. The van der Waals surface area contributed by atoms with Crippen molar-refractivity contribution in [3.05, 3.63) is 151 Å². The summed E-state index contributed by atoms with van der Waals surface area (Å²) in [6.45, 7) is 0. The molecule has 0 bridgehead atoms. The van der Waals surface area contributed by atoms with Crippen molar-refractivity contribution in [3.8, 4) is 11.9 Å². The van der Waals surface area contributed by atoms with Crippen LogP contribution in [0, 0.1) is 0 Å². The first kappa shape index (κ1) is 28.9. The predicted molar refractivity (Wildman–Crippen MR) is 207 cm³/mol. The fourth-order valence-electron chi connectivity index (χ4n) is 8.29. The summed E-state index contributed by atoms with van der Waals surface area (Å²) in [4.78, 5) is 16.3. The lowest BCUT2D eigenvalue weighted by molar-refractivity contribution is 0.427. The maximum Gasteiger partial charge on any atom is 0.239 e. The van der Waals surface area contributed by atoms with Gasteiger partial charge in [-0.3, -0.25) is 9.13 Å². The summed E-state index contributed by atoms with van der Waals surface area (Å²) in [6.07, 6.45) is 5.83. The number of hydrogen-bond acceptors (Lipinski definition) is 3. The maximum absolute atomic E-state index is 5.47. The van der Waals surface area contributed by atoms with Crippen molar-refractivity contribution < 1.29 is 0 Å². The third kappa shape index (κ3) is 4.57. The number of para-hydroxylation sites is 4. The summed E-state index contributed by atoms with van der Waals surface area (Å²) in [5.74, 6) is 2.45. The van der Waals surface area contributed by atoms with E-state index >= 15 is 0 Å². The van der Waals surface area contributed by atoms with E-state index in [-0.39, 0.29) is 5.92 Å². The van der Waals surface area contributed by atoms with Gasteiger partial charge in [0.1, 0.15) is 5.82 Å². The van der Waals surface area contributed by atoms with Gasteiger partial charge in [0.05, 0.1) is 22.1 Å². The van der Waals surface area contributed by atoms with Crippen molar-refractivity contribution in [1.29, 1.82) is 0 Å². The first-order valence-electron chi connectivity index (χ1n) is 17.8. The van der Waals surface area contributed by atoms with E-state index in [4.69, 9.17) is 15.0 Å². The van der Waals surface area contributed by atoms with Gasteiger partial charge >= 0.3 is 0 Å². The second-order valence-corrected chi connectivity index (χ2v) is 13.5. The zero-order valence-electron chi connectivity index (χ0n) is 27.7. The first-order chi connectivity index (χ1) is 24.8. The minimum absolute atomic E-state index is 0.279. The van der Waals surface area contributed by atoms with Crippen LogP contribution < -0.4 is 0 Å². The SMILES string of the molecule is c1ccc2c(c1)c1ccccc1c1ccccc1n(-c1nc(C3CCCCC3)nc(-n3c4ccccc4c4ccccc43)n1)c1ccccc21. The highest BCUT2D eigenvalue weighted by atomic mass is 15.3. The number of rotatable bonds is 3. The molecule has 6 aromatic carbocycles. The zero-order chi connectivity index (χ0) is 33.0. The van der Waals surface area contributed by atoms with Crippen LogP contribution >= 0.6 is 0 Å². The average molecular weight is 646 g/mol. The first-order valence-corrected chi connectivity index (χ1v) is 17.8. The largest absolute Gasteiger partial charge is 0.278 e. The van der Waals surface area contributed by atoms with E-state index < -0.39 is 0 Å². The molecule has 0 unspecified atom stereocenters. The molecule has 1 saturated carbocycles. The smallest absolute Gasteiger partial charge is 0.239 e. The molecule has 1 fully saturated rings. The normalized spacial score (nSPS) is 13.9. The van der Waals surface area contributed by atoms with Crippen molar-refractivity contribution in [1.82, 2.24) is 24.1 Å². The van der Waals surface area contributed by atoms with Gasteiger partial charge in [-0.15, -0.1) is 0 Å². The van der Waals surface area contributed by atoms with Crippen molar-refractivity contribution >= 4 is 65.2 Å². The Balaban J connectivity index is 1.42. The van der Waals surface area contributed by atoms with Crippen molar-refractivity contribution in [3.63, 3.8) is 0 Å². The molecule has 0 aliphatic heterocycles. The molecule has 9 aromatic rings. The van der Waals surface area contributed by atoms with Crippen molar-refractivity contribution in [2.24, 2.45) is 0 Å². The standard InChI is InChI=1S/C45H35N5/c1-2-16-30(17-3-1)43-46-44(48-45(47-43)50-41-28-14-10-24-37(41)38-25-11-15-29-42(38)50)49-39-26-12-8-22-35(39)33-20-6-4-18-31(33)32-19-5-7-21-34(32)36-23-9-13-27-40(36)49/h4-15,18-30H,1-3,16-17H2. The monoisotopic (exact) mass is 645 g/mol. The van der Waals surface area contributed by atoms with E-state index in [1.165, 1.54) is 51.6 Å². The van der Waals surface area contributed by atoms with Gasteiger partial charge in [0.25, 0.3) is 0 Å². The van der Waals surface area contributed by atoms with Crippen LogP contribution in [-0.2, 0) is 0 Å². The summed E-state index contributed by atoms with van der Waals surface area (Å²) >= 11 is 0. The van der Waals surface area contributed by atoms with E-state index in [1.807, 2.05) is 0 Å². The molecule has 0 saturated heterocycles. The maximum atomic E-state index is 5.47. The zero-order valence-corrected chi connectivity index (χ0v) is 27.7. The van der Waals surface area contributed by atoms with Crippen LogP contribution in [-0.4, -0.2) is 24.1 Å². The van der Waals surface area contributed by atoms with Crippen LogP contribution in [0.4, 0.5) is 0 Å². The number of nitrogens with zero attached hydrogens (tertiary/aromatic N) is 5. The number of benzene rings is 6. The van der Waals surface area contributed by atoms with Crippen LogP contribution in [0.1, 0.15) is 43.8 Å². The highest BCUT2D eigenvalue weighted by Crippen LogP contribution is 2.36. The quantitative estimate of drug-likeness (QED) is 0.192. The highest BCUT2D eigenvalue weighted by Gasteiger charge is 2.24. The molecule has 1 aliphatic rings. The Morgan fingerprint density at radius 2 is 0.640 bits per heavy atom. The lowest BCUT2D eigenvalue weighted by atomic mass is 9.89. The molecular weight excluding hydrogens is 611 g/mol. The molecule has 1 aliphatic carbocycles. The Kier molecular flexibility index (Phi) is 6.83. The molecule has 0 spiro atoms. The van der Waals surface area contributed by atoms with Crippen LogP contribution in [0.5, 0.6) is 0 Å². The summed E-state index contributed by atoms with van der Waals surface area (Å²) in [7, 11) is 0. The topological polar surface area (TPSA) is 48.5 Å². The molecule has 0 amide bonds. The molecule has 240 valence electrons. The average Bonchev–Trinajstić information content (AvgIpc) is 3.54. The van der Waals surface area contributed by atoms with E-state index in [9.17, 15) is 0 Å². The Labute approximate surface area is 289 Å². The summed E-state index contributed by atoms with van der Waals surface area (Å²) < 4.78 is 4.52. The molecule has 0 N–H and O–H groups in total. The van der Waals surface area contributed by atoms with Gasteiger partial charge in [0, 0.05) is 27.5 Å². The second-order valence-electron chi connectivity index (χ2n) is 13.5. The van der Waals surface area contributed by atoms with Gasteiger partial charge in [-0.25, -0.2) is 0 Å². The van der Waals surface area contributed by atoms with Gasteiger partial charge in [-0.1, -0.05) is 141 Å². The Morgan fingerprint density at radius 3 is 1.02 bits per heavy atom. The Hall–Kier alpha value is -6.07. The summed E-state index contributed by atoms with van der Waals surface area (Å²) in [6, 6.07) is 52.1. The van der Waals surface area contributed by atoms with Crippen molar-refractivity contribution in [2.75, 3.05) is 0 Å². The lowest BCUT2D eigenvalue weighted by Gasteiger charge is -2.22. The third-order valence-corrected chi connectivity index (χ3v) is 10.6. The minimum atomic E-state index is 0.279. The summed E-state index contributed by atoms with van der Waals surface area (Å²) in [5, 5.41) is 9.41. The molecular formula is C45H35N5. The highest BCUT2D eigenvalue weighted by molar-refractivity contribution is 6.19. The lowest BCUT2D eigenvalue weighted by Crippen LogP contribution is -2.16. The third-order valence-electron chi connectivity index (χ3n) is 10.6. The second kappa shape index (κ2) is 11.8. The predicted octanol–water partition coefficient (Wildman–Crippen LogP) is 11.5. The van der Waals surface area contributed by atoms with Crippen LogP contribution in [0.3, 0.4) is 0 Å². The van der Waals surface area contributed by atoms with E-state index in [2.05, 4.69) is 155 Å². The van der Waals surface area contributed by atoms with Crippen LogP contribution in [0.15, 0.2) is 146 Å². The molecule has 5 heteroatoms. The van der Waals surface area contributed by atoms with Gasteiger partial charge < -0.3 is 0 Å². The van der Waals surface area contributed by atoms with Gasteiger partial charge in [0.2, 0.25) is 11.9 Å². The molecule has 3 aromatic heterocycles. The van der Waals surface area contributed by atoms with Gasteiger partial charge in [-0.05, 0) is 58.7 Å². The van der Waals surface area contributed by atoms with E-state index in [1.54, 1.807) is 0 Å². The fourth-order valence-corrected chi connectivity index (χ4v) is 8.29. The Morgan fingerprint density at radius 1 is 0.340 bits per heavy atom. The van der Waals surface area contributed by atoms with E-state index in [0.29, 0.717) is 11.9 Å². The Bertz CT molecular complexity index is 2660. The van der Waals surface area contributed by atoms with Gasteiger partial charge in [-0.2, -0.15) is 15.0 Å². The van der Waals surface area contributed by atoms with Crippen molar-refractivity contribution in [2.45, 2.75) is 38.0 Å². The molecule has 0 radical (unpaired) electrons.